The quantitative estimate of drug-likeness (QED) is 0.385. The Kier molecular flexibility index (Phi) is 7.10. The second-order valence-electron chi connectivity index (χ2n) is 7.74. The summed E-state index contributed by atoms with van der Waals surface area (Å²) in [5.74, 6) is -0.202. The summed E-state index contributed by atoms with van der Waals surface area (Å²) in [6.45, 7) is 0.725. The summed E-state index contributed by atoms with van der Waals surface area (Å²) in [5.41, 5.74) is 2.00. The number of anilines is 1. The molecule has 160 valence electrons. The maximum absolute atomic E-state index is 13.4. The normalized spacial score (nSPS) is 14.9. The summed E-state index contributed by atoms with van der Waals surface area (Å²) in [6.07, 6.45) is 6.28. The van der Waals surface area contributed by atoms with E-state index in [0.717, 1.165) is 40.0 Å². The van der Waals surface area contributed by atoms with Crippen molar-refractivity contribution in [3.8, 4) is 0 Å². The van der Waals surface area contributed by atoms with Crippen molar-refractivity contribution in [2.75, 3.05) is 11.9 Å². The number of thiocarbonyl (C=S) groups is 1. The van der Waals surface area contributed by atoms with Gasteiger partial charge in [-0.05, 0) is 79.2 Å². The molecule has 0 amide bonds. The van der Waals surface area contributed by atoms with E-state index < -0.39 is 0 Å². The van der Waals surface area contributed by atoms with Crippen LogP contribution in [0.2, 0.25) is 5.02 Å². The Morgan fingerprint density at radius 2 is 1.74 bits per heavy atom. The van der Waals surface area contributed by atoms with Crippen LogP contribution in [0.5, 0.6) is 0 Å². The lowest BCUT2D eigenvalue weighted by Gasteiger charge is -2.30. The van der Waals surface area contributed by atoms with Crippen LogP contribution in [0, 0.1) is 5.82 Å². The van der Waals surface area contributed by atoms with E-state index in [1.165, 1.54) is 18.4 Å². The van der Waals surface area contributed by atoms with Crippen molar-refractivity contribution in [3.05, 3.63) is 83.3 Å². The Hall–Kier alpha value is -2.15. The van der Waals surface area contributed by atoms with Gasteiger partial charge in [0, 0.05) is 21.9 Å². The Balaban J connectivity index is 1.33. The molecule has 3 nitrogen and oxygen atoms in total. The lowest BCUT2D eigenvalue weighted by Crippen LogP contribution is -2.40. The van der Waals surface area contributed by atoms with Gasteiger partial charge in [-0.1, -0.05) is 48.3 Å². The van der Waals surface area contributed by atoms with Gasteiger partial charge in [0.25, 0.3) is 0 Å². The number of pyridine rings is 1. The highest BCUT2D eigenvalue weighted by Crippen LogP contribution is 2.40. The third-order valence-corrected chi connectivity index (χ3v) is 7.09. The van der Waals surface area contributed by atoms with Gasteiger partial charge in [0.15, 0.2) is 5.11 Å². The van der Waals surface area contributed by atoms with E-state index in [-0.39, 0.29) is 11.2 Å². The van der Waals surface area contributed by atoms with Crippen molar-refractivity contribution in [2.24, 2.45) is 0 Å². The highest BCUT2D eigenvalue weighted by atomic mass is 35.5. The molecule has 0 unspecified atom stereocenters. The molecular weight excluding hydrogens is 449 g/mol. The Bertz CT molecular complexity index is 1020. The first-order valence-electron chi connectivity index (χ1n) is 10.2. The molecule has 0 saturated heterocycles. The summed E-state index contributed by atoms with van der Waals surface area (Å²) in [5, 5.41) is 8.76. The van der Waals surface area contributed by atoms with Crippen LogP contribution in [0.3, 0.4) is 0 Å². The van der Waals surface area contributed by atoms with Gasteiger partial charge in [-0.25, -0.2) is 9.37 Å². The molecule has 0 atom stereocenters. The smallest absolute Gasteiger partial charge is 0.170 e. The summed E-state index contributed by atoms with van der Waals surface area (Å²) in [6, 6.07) is 18.5. The second-order valence-corrected chi connectivity index (χ2v) is 9.68. The molecule has 1 aromatic heterocycles. The van der Waals surface area contributed by atoms with Crippen molar-refractivity contribution in [1.29, 1.82) is 0 Å². The second kappa shape index (κ2) is 9.98. The van der Waals surface area contributed by atoms with E-state index in [9.17, 15) is 4.39 Å². The fourth-order valence-corrected chi connectivity index (χ4v) is 5.06. The van der Waals surface area contributed by atoms with Crippen LogP contribution in [0.4, 0.5) is 10.1 Å². The predicted octanol–water partition coefficient (Wildman–Crippen LogP) is 6.82. The molecule has 31 heavy (non-hydrogen) atoms. The fourth-order valence-electron chi connectivity index (χ4n) is 3.99. The number of aromatic nitrogens is 1. The number of rotatable bonds is 6. The van der Waals surface area contributed by atoms with E-state index in [4.69, 9.17) is 23.8 Å². The van der Waals surface area contributed by atoms with Crippen LogP contribution in [-0.2, 0) is 5.41 Å². The predicted molar refractivity (Wildman–Crippen MR) is 131 cm³/mol. The monoisotopic (exact) mass is 471 g/mol. The van der Waals surface area contributed by atoms with Gasteiger partial charge in [0.2, 0.25) is 0 Å². The lowest BCUT2D eigenvalue weighted by molar-refractivity contribution is 0.434. The average Bonchev–Trinajstić information content (AvgIpc) is 3.26. The summed E-state index contributed by atoms with van der Waals surface area (Å²) in [7, 11) is 0. The SMILES string of the molecule is Fc1ccc(C2(CNC(=S)Nc3ccc(Sc4ccc(Cl)cc4)nc3)CCCC2)cc1. The molecule has 1 heterocycles. The van der Waals surface area contributed by atoms with Gasteiger partial charge < -0.3 is 10.6 Å². The molecule has 4 rings (SSSR count). The van der Waals surface area contributed by atoms with Gasteiger partial charge in [0.05, 0.1) is 11.9 Å². The molecule has 3 aromatic rings. The first kappa shape index (κ1) is 22.1. The van der Waals surface area contributed by atoms with Crippen LogP contribution < -0.4 is 10.6 Å². The van der Waals surface area contributed by atoms with Crippen LogP contribution >= 0.6 is 35.6 Å². The number of benzene rings is 2. The number of nitrogens with zero attached hydrogens (tertiary/aromatic N) is 1. The van der Waals surface area contributed by atoms with Crippen molar-refractivity contribution >= 4 is 46.4 Å². The highest BCUT2D eigenvalue weighted by molar-refractivity contribution is 7.99. The van der Waals surface area contributed by atoms with Crippen molar-refractivity contribution in [1.82, 2.24) is 10.3 Å². The number of halogens is 2. The van der Waals surface area contributed by atoms with Gasteiger partial charge in [0.1, 0.15) is 10.8 Å². The van der Waals surface area contributed by atoms with Crippen molar-refractivity contribution in [2.45, 2.75) is 41.0 Å². The Morgan fingerprint density at radius 1 is 1.03 bits per heavy atom. The molecule has 0 radical (unpaired) electrons. The van der Waals surface area contributed by atoms with Crippen molar-refractivity contribution in [3.63, 3.8) is 0 Å². The molecular formula is C24H23ClFN3S2. The van der Waals surface area contributed by atoms with E-state index in [1.54, 1.807) is 30.1 Å². The van der Waals surface area contributed by atoms with Crippen LogP contribution in [0.1, 0.15) is 31.2 Å². The molecule has 1 aliphatic carbocycles. The molecule has 0 bridgehead atoms. The zero-order valence-corrected chi connectivity index (χ0v) is 19.3. The highest BCUT2D eigenvalue weighted by Gasteiger charge is 2.35. The first-order chi connectivity index (χ1) is 15.0. The molecule has 2 N–H and O–H groups in total. The van der Waals surface area contributed by atoms with E-state index in [2.05, 4.69) is 15.6 Å². The van der Waals surface area contributed by atoms with E-state index in [0.29, 0.717) is 5.11 Å². The average molecular weight is 472 g/mol. The minimum Gasteiger partial charge on any atom is -0.362 e. The zero-order chi connectivity index (χ0) is 21.7. The van der Waals surface area contributed by atoms with Crippen LogP contribution in [-0.4, -0.2) is 16.6 Å². The van der Waals surface area contributed by atoms with E-state index in [1.807, 2.05) is 48.5 Å². The number of hydrogen-bond acceptors (Lipinski definition) is 3. The summed E-state index contributed by atoms with van der Waals surface area (Å²) >= 11 is 13.0. The maximum atomic E-state index is 13.4. The van der Waals surface area contributed by atoms with Crippen LogP contribution in [0.25, 0.3) is 0 Å². The van der Waals surface area contributed by atoms with Gasteiger partial charge in [-0.15, -0.1) is 0 Å². The number of nitrogens with one attached hydrogen (secondary N) is 2. The molecule has 0 spiro atoms. The fraction of sp³-hybridized carbons (Fsp3) is 0.250. The Morgan fingerprint density at radius 3 is 2.39 bits per heavy atom. The molecule has 1 aliphatic rings. The minimum atomic E-state index is -0.202. The molecule has 2 aromatic carbocycles. The third kappa shape index (κ3) is 5.76. The summed E-state index contributed by atoms with van der Waals surface area (Å²) < 4.78 is 13.4. The summed E-state index contributed by atoms with van der Waals surface area (Å²) in [4.78, 5) is 5.58. The topological polar surface area (TPSA) is 37.0 Å². The van der Waals surface area contributed by atoms with Gasteiger partial charge in [-0.2, -0.15) is 0 Å². The third-order valence-electron chi connectivity index (χ3n) is 5.63. The first-order valence-corrected chi connectivity index (χ1v) is 11.8. The molecule has 1 saturated carbocycles. The van der Waals surface area contributed by atoms with Crippen molar-refractivity contribution < 1.29 is 4.39 Å². The molecule has 0 aliphatic heterocycles. The maximum Gasteiger partial charge on any atom is 0.170 e. The standard InChI is InChI=1S/C24H23ClFN3S2/c25-18-5-10-21(11-6-18)31-22-12-9-20(15-27-22)29-23(30)28-16-24(13-1-2-14-24)17-3-7-19(26)8-4-17/h3-12,15H,1-2,13-14,16H2,(H2,28,29,30). The molecule has 7 heteroatoms. The zero-order valence-electron chi connectivity index (χ0n) is 16.9. The lowest BCUT2D eigenvalue weighted by atomic mass is 9.79. The Labute approximate surface area is 196 Å². The van der Waals surface area contributed by atoms with Gasteiger partial charge in [-0.3, -0.25) is 0 Å². The van der Waals surface area contributed by atoms with Crippen LogP contribution in [0.15, 0.2) is 76.8 Å². The van der Waals surface area contributed by atoms with Gasteiger partial charge >= 0.3 is 0 Å². The van der Waals surface area contributed by atoms with E-state index >= 15 is 0 Å². The minimum absolute atomic E-state index is 0.00321. The molecule has 1 fully saturated rings. The number of hydrogen-bond donors (Lipinski definition) is 2. The largest absolute Gasteiger partial charge is 0.362 e.